The molecule has 19 heavy (non-hydrogen) atoms. The quantitative estimate of drug-likeness (QED) is 0.831. The average molecular weight is 265 g/mol. The molecule has 1 aromatic rings. The van der Waals surface area contributed by atoms with Crippen molar-refractivity contribution in [1.29, 1.82) is 0 Å². The predicted molar refractivity (Wildman–Crippen MR) is 71.6 cm³/mol. The molecule has 106 valence electrons. The molecule has 2 N–H and O–H groups in total. The first-order chi connectivity index (χ1) is 9.22. The van der Waals surface area contributed by atoms with Gasteiger partial charge in [0.25, 0.3) is 0 Å². The highest BCUT2D eigenvalue weighted by atomic mass is 16.5. The van der Waals surface area contributed by atoms with Crippen molar-refractivity contribution >= 4 is 0 Å². The Morgan fingerprint density at radius 3 is 2.79 bits per heavy atom. The van der Waals surface area contributed by atoms with Gasteiger partial charge in [-0.15, -0.1) is 0 Å². The van der Waals surface area contributed by atoms with Gasteiger partial charge >= 0.3 is 0 Å². The van der Waals surface area contributed by atoms with Crippen LogP contribution in [0.15, 0.2) is 4.52 Å². The summed E-state index contributed by atoms with van der Waals surface area (Å²) < 4.78 is 5.36. The van der Waals surface area contributed by atoms with Crippen LogP contribution in [0.2, 0.25) is 0 Å². The van der Waals surface area contributed by atoms with Gasteiger partial charge in [-0.1, -0.05) is 5.16 Å². The first kappa shape index (κ1) is 13.0. The summed E-state index contributed by atoms with van der Waals surface area (Å²) in [5.74, 6) is 1.62. The molecule has 0 aromatic carbocycles. The summed E-state index contributed by atoms with van der Waals surface area (Å²) >= 11 is 0. The summed E-state index contributed by atoms with van der Waals surface area (Å²) in [5, 5.41) is 4.17. The molecule has 4 heterocycles. The molecule has 0 radical (unpaired) electrons. The molecule has 0 spiro atoms. The standard InChI is InChI=1S/C13H23N5O/c1-10(14)3-2-4-12-15-13(16-19-12)11-9-17-5-7-18(11)8-6-17/h10-11H,2-9,14H2,1H3. The van der Waals surface area contributed by atoms with Crippen LogP contribution >= 0.6 is 0 Å². The van der Waals surface area contributed by atoms with E-state index in [1.807, 2.05) is 6.92 Å². The Labute approximate surface area is 113 Å². The molecular formula is C13H23N5O. The molecule has 0 aliphatic carbocycles. The maximum absolute atomic E-state index is 5.74. The molecule has 2 atom stereocenters. The molecule has 3 aliphatic heterocycles. The first-order valence-corrected chi connectivity index (χ1v) is 7.27. The number of piperazine rings is 3. The highest BCUT2D eigenvalue weighted by Gasteiger charge is 2.35. The van der Waals surface area contributed by atoms with Crippen LogP contribution in [-0.4, -0.2) is 58.7 Å². The van der Waals surface area contributed by atoms with Crippen LogP contribution in [-0.2, 0) is 6.42 Å². The zero-order valence-corrected chi connectivity index (χ0v) is 11.6. The number of fused-ring (bicyclic) bond motifs is 3. The largest absolute Gasteiger partial charge is 0.339 e. The van der Waals surface area contributed by atoms with Crippen molar-refractivity contribution < 1.29 is 4.52 Å². The van der Waals surface area contributed by atoms with Crippen molar-refractivity contribution in [3.63, 3.8) is 0 Å². The fourth-order valence-corrected chi connectivity index (χ4v) is 2.94. The number of aromatic nitrogens is 2. The van der Waals surface area contributed by atoms with E-state index in [0.29, 0.717) is 6.04 Å². The Bertz CT molecular complexity index is 411. The van der Waals surface area contributed by atoms with Crippen LogP contribution in [0.5, 0.6) is 0 Å². The van der Waals surface area contributed by atoms with Crippen LogP contribution in [0.4, 0.5) is 0 Å². The number of aryl methyl sites for hydroxylation is 1. The topological polar surface area (TPSA) is 71.4 Å². The highest BCUT2D eigenvalue weighted by molar-refractivity contribution is 5.01. The Kier molecular flexibility index (Phi) is 3.81. The van der Waals surface area contributed by atoms with E-state index in [1.165, 1.54) is 13.1 Å². The van der Waals surface area contributed by atoms with E-state index in [9.17, 15) is 0 Å². The van der Waals surface area contributed by atoms with E-state index in [1.54, 1.807) is 0 Å². The smallest absolute Gasteiger partial charge is 0.226 e. The number of nitrogens with two attached hydrogens (primary N) is 1. The third-order valence-electron chi connectivity index (χ3n) is 4.11. The third-order valence-corrected chi connectivity index (χ3v) is 4.11. The highest BCUT2D eigenvalue weighted by Crippen LogP contribution is 2.26. The number of hydrogen-bond acceptors (Lipinski definition) is 6. The summed E-state index contributed by atoms with van der Waals surface area (Å²) in [7, 11) is 0. The average Bonchev–Trinajstić information content (AvgIpc) is 2.88. The van der Waals surface area contributed by atoms with Gasteiger partial charge in [0.15, 0.2) is 5.82 Å². The molecule has 2 unspecified atom stereocenters. The molecule has 2 bridgehead atoms. The minimum absolute atomic E-state index is 0.246. The van der Waals surface area contributed by atoms with Crippen molar-refractivity contribution in [3.8, 4) is 0 Å². The first-order valence-electron chi connectivity index (χ1n) is 7.27. The van der Waals surface area contributed by atoms with E-state index in [2.05, 4.69) is 19.9 Å². The van der Waals surface area contributed by atoms with Crippen molar-refractivity contribution in [3.05, 3.63) is 11.7 Å². The molecular weight excluding hydrogens is 242 g/mol. The van der Waals surface area contributed by atoms with Gasteiger partial charge in [-0.05, 0) is 19.8 Å². The molecule has 6 heteroatoms. The van der Waals surface area contributed by atoms with Gasteiger partial charge in [0, 0.05) is 45.2 Å². The lowest BCUT2D eigenvalue weighted by Gasteiger charge is -2.46. The van der Waals surface area contributed by atoms with Crippen LogP contribution in [0, 0.1) is 0 Å². The lowest BCUT2D eigenvalue weighted by molar-refractivity contribution is 0.00781. The van der Waals surface area contributed by atoms with Crippen LogP contribution in [0.25, 0.3) is 0 Å². The minimum atomic E-state index is 0.246. The maximum atomic E-state index is 5.74. The monoisotopic (exact) mass is 265 g/mol. The Morgan fingerprint density at radius 2 is 2.16 bits per heavy atom. The van der Waals surface area contributed by atoms with E-state index < -0.39 is 0 Å². The van der Waals surface area contributed by atoms with Crippen LogP contribution < -0.4 is 5.73 Å². The fourth-order valence-electron chi connectivity index (χ4n) is 2.94. The second-order valence-corrected chi connectivity index (χ2v) is 5.77. The van der Waals surface area contributed by atoms with Crippen molar-refractivity contribution in [2.75, 3.05) is 32.7 Å². The van der Waals surface area contributed by atoms with Gasteiger partial charge < -0.3 is 10.3 Å². The van der Waals surface area contributed by atoms with E-state index in [4.69, 9.17) is 10.3 Å². The fraction of sp³-hybridized carbons (Fsp3) is 0.846. The zero-order chi connectivity index (χ0) is 13.2. The zero-order valence-electron chi connectivity index (χ0n) is 11.6. The Morgan fingerprint density at radius 1 is 1.37 bits per heavy atom. The number of hydrogen-bond donors (Lipinski definition) is 1. The molecule has 3 aliphatic rings. The van der Waals surface area contributed by atoms with Crippen LogP contribution in [0.1, 0.15) is 37.5 Å². The summed E-state index contributed by atoms with van der Waals surface area (Å²) in [6.45, 7) is 7.67. The molecule has 4 rings (SSSR count). The van der Waals surface area contributed by atoms with Crippen molar-refractivity contribution in [1.82, 2.24) is 19.9 Å². The van der Waals surface area contributed by atoms with E-state index in [-0.39, 0.29) is 6.04 Å². The molecule has 3 fully saturated rings. The maximum Gasteiger partial charge on any atom is 0.226 e. The number of rotatable bonds is 5. The lowest BCUT2D eigenvalue weighted by atomic mass is 10.1. The molecule has 6 nitrogen and oxygen atoms in total. The molecule has 0 saturated carbocycles. The van der Waals surface area contributed by atoms with Gasteiger partial charge in [-0.25, -0.2) is 0 Å². The normalized spacial score (nSPS) is 31.6. The molecule has 1 aromatic heterocycles. The van der Waals surface area contributed by atoms with E-state index >= 15 is 0 Å². The summed E-state index contributed by atoms with van der Waals surface area (Å²) in [6, 6.07) is 0.573. The molecule has 0 amide bonds. The second-order valence-electron chi connectivity index (χ2n) is 5.77. The lowest BCUT2D eigenvalue weighted by Crippen LogP contribution is -2.57. The third kappa shape index (κ3) is 2.96. The summed E-state index contributed by atoms with van der Waals surface area (Å²) in [6.07, 6.45) is 2.85. The van der Waals surface area contributed by atoms with Gasteiger partial charge in [0.2, 0.25) is 5.89 Å². The van der Waals surface area contributed by atoms with Gasteiger partial charge in [0.1, 0.15) is 0 Å². The Balaban J connectivity index is 1.58. The minimum Gasteiger partial charge on any atom is -0.339 e. The van der Waals surface area contributed by atoms with Gasteiger partial charge in [-0.3, -0.25) is 9.80 Å². The SMILES string of the molecule is CC(N)CCCc1nc(C2CN3CCN2CC3)no1. The van der Waals surface area contributed by atoms with Crippen molar-refractivity contribution in [2.24, 2.45) is 5.73 Å². The van der Waals surface area contributed by atoms with Crippen molar-refractivity contribution in [2.45, 2.75) is 38.3 Å². The van der Waals surface area contributed by atoms with E-state index in [0.717, 1.165) is 50.6 Å². The Hall–Kier alpha value is -0.980. The summed E-state index contributed by atoms with van der Waals surface area (Å²) in [5.41, 5.74) is 5.74. The summed E-state index contributed by atoms with van der Waals surface area (Å²) in [4.78, 5) is 9.51. The van der Waals surface area contributed by atoms with Gasteiger partial charge in [0.05, 0.1) is 6.04 Å². The number of nitrogens with zero attached hydrogens (tertiary/aromatic N) is 4. The van der Waals surface area contributed by atoms with Crippen LogP contribution in [0.3, 0.4) is 0 Å². The molecule has 3 saturated heterocycles. The van der Waals surface area contributed by atoms with Gasteiger partial charge in [-0.2, -0.15) is 4.98 Å². The second kappa shape index (κ2) is 5.56. The predicted octanol–water partition coefficient (Wildman–Crippen LogP) is 0.412.